The maximum Gasteiger partial charge on any atom is 0.227 e. The van der Waals surface area contributed by atoms with Crippen molar-refractivity contribution in [1.29, 1.82) is 0 Å². The molecule has 0 spiro atoms. The molecule has 1 aliphatic rings. The lowest BCUT2D eigenvalue weighted by Gasteiger charge is -2.06. The molecule has 0 aromatic carbocycles. The summed E-state index contributed by atoms with van der Waals surface area (Å²) in [6.45, 7) is 0. The lowest BCUT2D eigenvalue weighted by molar-refractivity contribution is -0.117. The van der Waals surface area contributed by atoms with E-state index < -0.39 is 0 Å². The van der Waals surface area contributed by atoms with Crippen LogP contribution in [0, 0.1) is 5.92 Å². The number of rotatable bonds is 5. The molecule has 1 fully saturated rings. The minimum absolute atomic E-state index is 0.0479. The molecule has 0 radical (unpaired) electrons. The summed E-state index contributed by atoms with van der Waals surface area (Å²) in [6.07, 6.45) is 10.4. The van der Waals surface area contributed by atoms with Crippen LogP contribution < -0.4 is 5.32 Å². The SMILES string of the molecule is O=C(Nc1cncc(-c2ccc3[nH]nc(-c4cc5c(-c6ccoc6)ccnc5[nH]4)c3n2)c1)C1CC1. The highest BCUT2D eigenvalue weighted by atomic mass is 16.3. The zero-order chi connectivity index (χ0) is 23.4. The predicted octanol–water partition coefficient (Wildman–Crippen LogP) is 5.17. The number of hydrogen-bond donors (Lipinski definition) is 3. The van der Waals surface area contributed by atoms with E-state index in [1.54, 1.807) is 31.1 Å². The molecule has 1 saturated carbocycles. The molecule has 9 nitrogen and oxygen atoms in total. The number of aromatic nitrogens is 6. The zero-order valence-corrected chi connectivity index (χ0v) is 18.4. The molecule has 6 aromatic rings. The number of pyridine rings is 3. The number of H-pyrrole nitrogens is 2. The number of aromatic amines is 2. The second-order valence-corrected chi connectivity index (χ2v) is 8.71. The fraction of sp³-hybridized carbons (Fsp3) is 0.115. The van der Waals surface area contributed by atoms with Crippen molar-refractivity contribution in [2.45, 2.75) is 12.8 Å². The Morgan fingerprint density at radius 2 is 2.03 bits per heavy atom. The lowest BCUT2D eigenvalue weighted by Crippen LogP contribution is -2.13. The Kier molecular flexibility index (Phi) is 4.28. The standard InChI is InChI=1S/C26H19N7O2/c34-26(14-1-2-14)29-17-9-16(11-27-12-17)20-3-4-21-23(30-20)24(33-32-21)22-10-19-18(15-6-8-35-13-15)5-7-28-25(19)31-22/h3-14H,1-2H2,(H,28,31)(H,29,34)(H,32,33). The molecular formula is C26H19N7O2. The number of anilines is 1. The highest BCUT2D eigenvalue weighted by molar-refractivity contribution is 5.99. The minimum Gasteiger partial charge on any atom is -0.472 e. The Hall–Kier alpha value is -4.79. The maximum absolute atomic E-state index is 12.2. The van der Waals surface area contributed by atoms with Gasteiger partial charge in [-0.25, -0.2) is 9.97 Å². The van der Waals surface area contributed by atoms with Gasteiger partial charge in [0.05, 0.1) is 41.3 Å². The Labute approximate surface area is 198 Å². The summed E-state index contributed by atoms with van der Waals surface area (Å²) in [5.74, 6) is 0.174. The van der Waals surface area contributed by atoms with Crippen LogP contribution in [0.3, 0.4) is 0 Å². The second-order valence-electron chi connectivity index (χ2n) is 8.71. The average molecular weight is 461 g/mol. The largest absolute Gasteiger partial charge is 0.472 e. The van der Waals surface area contributed by atoms with E-state index >= 15 is 0 Å². The summed E-state index contributed by atoms with van der Waals surface area (Å²) >= 11 is 0. The smallest absolute Gasteiger partial charge is 0.227 e. The van der Waals surface area contributed by atoms with Crippen LogP contribution in [0.5, 0.6) is 0 Å². The van der Waals surface area contributed by atoms with Gasteiger partial charge in [0.1, 0.15) is 16.9 Å². The third-order valence-corrected chi connectivity index (χ3v) is 6.28. The number of amides is 1. The third kappa shape index (κ3) is 3.45. The van der Waals surface area contributed by atoms with Crippen LogP contribution in [0.4, 0.5) is 5.69 Å². The molecule has 6 heterocycles. The number of nitrogens with zero attached hydrogens (tertiary/aromatic N) is 4. The van der Waals surface area contributed by atoms with Gasteiger partial charge in [0.15, 0.2) is 0 Å². The summed E-state index contributed by atoms with van der Waals surface area (Å²) in [6, 6.07) is 11.7. The number of carbonyl (C=O) groups excluding carboxylic acids is 1. The Morgan fingerprint density at radius 1 is 1.09 bits per heavy atom. The molecule has 1 amide bonds. The lowest BCUT2D eigenvalue weighted by atomic mass is 10.1. The van der Waals surface area contributed by atoms with E-state index in [9.17, 15) is 4.79 Å². The van der Waals surface area contributed by atoms with Crippen molar-refractivity contribution in [3.63, 3.8) is 0 Å². The van der Waals surface area contributed by atoms with Crippen LogP contribution in [-0.4, -0.2) is 36.0 Å². The van der Waals surface area contributed by atoms with Gasteiger partial charge in [0.2, 0.25) is 5.91 Å². The van der Waals surface area contributed by atoms with Crippen LogP contribution in [0.15, 0.2) is 71.9 Å². The van der Waals surface area contributed by atoms with E-state index in [0.29, 0.717) is 11.4 Å². The fourth-order valence-corrected chi connectivity index (χ4v) is 4.31. The maximum atomic E-state index is 12.2. The first kappa shape index (κ1) is 19.7. The number of furan rings is 1. The van der Waals surface area contributed by atoms with Gasteiger partial charge in [-0.15, -0.1) is 0 Å². The summed E-state index contributed by atoms with van der Waals surface area (Å²) in [7, 11) is 0. The number of hydrogen-bond acceptors (Lipinski definition) is 6. The first-order valence-electron chi connectivity index (χ1n) is 11.3. The summed E-state index contributed by atoms with van der Waals surface area (Å²) in [5, 5.41) is 11.5. The third-order valence-electron chi connectivity index (χ3n) is 6.28. The van der Waals surface area contributed by atoms with Crippen molar-refractivity contribution < 1.29 is 9.21 Å². The summed E-state index contributed by atoms with van der Waals surface area (Å²) in [4.78, 5) is 29.2. The van der Waals surface area contributed by atoms with Gasteiger partial charge in [-0.3, -0.25) is 14.9 Å². The van der Waals surface area contributed by atoms with Crippen LogP contribution in [0.25, 0.3) is 55.8 Å². The number of carbonyl (C=O) groups is 1. The van der Waals surface area contributed by atoms with Gasteiger partial charge in [-0.1, -0.05) is 0 Å². The summed E-state index contributed by atoms with van der Waals surface area (Å²) in [5.41, 5.74) is 8.04. The van der Waals surface area contributed by atoms with Crippen molar-refractivity contribution in [3.8, 4) is 33.8 Å². The molecule has 35 heavy (non-hydrogen) atoms. The minimum atomic E-state index is 0.0479. The van der Waals surface area contributed by atoms with Crippen LogP contribution in [-0.2, 0) is 4.79 Å². The number of fused-ring (bicyclic) bond motifs is 2. The number of nitrogens with one attached hydrogen (secondary N) is 3. The van der Waals surface area contributed by atoms with E-state index in [1.807, 2.05) is 36.4 Å². The second kappa shape index (κ2) is 7.63. The molecule has 0 aliphatic heterocycles. The zero-order valence-electron chi connectivity index (χ0n) is 18.4. The van der Waals surface area contributed by atoms with Gasteiger partial charge >= 0.3 is 0 Å². The highest BCUT2D eigenvalue weighted by Gasteiger charge is 2.29. The molecule has 1 aliphatic carbocycles. The van der Waals surface area contributed by atoms with Crippen LogP contribution in [0.2, 0.25) is 0 Å². The first-order chi connectivity index (χ1) is 17.2. The van der Waals surface area contributed by atoms with Crippen molar-refractivity contribution in [1.82, 2.24) is 30.1 Å². The molecule has 170 valence electrons. The first-order valence-corrected chi connectivity index (χ1v) is 11.3. The van der Waals surface area contributed by atoms with Crippen LogP contribution in [0.1, 0.15) is 12.8 Å². The highest BCUT2D eigenvalue weighted by Crippen LogP contribution is 2.34. The molecule has 0 atom stereocenters. The quantitative estimate of drug-likeness (QED) is 0.325. The van der Waals surface area contributed by atoms with Gasteiger partial charge in [0.25, 0.3) is 0 Å². The molecule has 0 bridgehead atoms. The monoisotopic (exact) mass is 461 g/mol. The van der Waals surface area contributed by atoms with E-state index in [2.05, 4.69) is 30.5 Å². The van der Waals surface area contributed by atoms with Crippen molar-refractivity contribution in [2.24, 2.45) is 5.92 Å². The van der Waals surface area contributed by atoms with Crippen molar-refractivity contribution in [3.05, 3.63) is 67.5 Å². The van der Waals surface area contributed by atoms with E-state index in [-0.39, 0.29) is 11.8 Å². The molecule has 0 unspecified atom stereocenters. The van der Waals surface area contributed by atoms with Gasteiger partial charge in [0, 0.05) is 34.8 Å². The average Bonchev–Trinajstić information content (AvgIpc) is 3.26. The van der Waals surface area contributed by atoms with Gasteiger partial charge in [-0.05, 0) is 54.8 Å². The molecule has 6 aromatic heterocycles. The van der Waals surface area contributed by atoms with Crippen LogP contribution >= 0.6 is 0 Å². The molecular weight excluding hydrogens is 442 g/mol. The predicted molar refractivity (Wildman–Crippen MR) is 131 cm³/mol. The van der Waals surface area contributed by atoms with E-state index in [1.165, 1.54) is 0 Å². The van der Waals surface area contributed by atoms with E-state index in [4.69, 9.17) is 9.40 Å². The molecule has 7 rings (SSSR count). The normalized spacial score (nSPS) is 13.5. The Bertz CT molecular complexity index is 1710. The Morgan fingerprint density at radius 3 is 2.89 bits per heavy atom. The molecule has 3 N–H and O–H groups in total. The topological polar surface area (TPSA) is 125 Å². The summed E-state index contributed by atoms with van der Waals surface area (Å²) < 4.78 is 5.27. The fourth-order valence-electron chi connectivity index (χ4n) is 4.31. The van der Waals surface area contributed by atoms with Crippen molar-refractivity contribution >= 4 is 33.7 Å². The van der Waals surface area contributed by atoms with Crippen molar-refractivity contribution in [2.75, 3.05) is 5.32 Å². The molecule has 9 heteroatoms. The van der Waals surface area contributed by atoms with E-state index in [0.717, 1.165) is 63.0 Å². The van der Waals surface area contributed by atoms with Gasteiger partial charge < -0.3 is 14.7 Å². The van der Waals surface area contributed by atoms with Gasteiger partial charge in [-0.2, -0.15) is 5.10 Å². The molecule has 0 saturated heterocycles. The Balaban J connectivity index is 1.29.